The molecule has 1 heteroatoms. The number of rotatable bonds is 5. The molecule has 0 fully saturated rings. The molecule has 0 saturated carbocycles. The Morgan fingerprint density at radius 2 is 1.94 bits per heavy atom. The summed E-state index contributed by atoms with van der Waals surface area (Å²) in [6.45, 7) is 11.0. The van der Waals surface area contributed by atoms with Crippen LogP contribution in [0.15, 0.2) is 30.8 Å². The monoisotopic (exact) mass is 258 g/mol. The summed E-state index contributed by atoms with van der Waals surface area (Å²) in [5.41, 5.74) is 1.50. The molecule has 0 saturated heterocycles. The molecule has 0 aliphatic rings. The Labute approximate surface area is 114 Å². The first-order valence-electron chi connectivity index (χ1n) is 6.80. The van der Waals surface area contributed by atoms with Crippen LogP contribution >= 0.6 is 11.3 Å². The first-order chi connectivity index (χ1) is 8.67. The van der Waals surface area contributed by atoms with E-state index in [2.05, 4.69) is 51.6 Å². The lowest BCUT2D eigenvalue weighted by Crippen LogP contribution is -2.10. The van der Waals surface area contributed by atoms with Crippen LogP contribution in [0.2, 0.25) is 0 Å². The van der Waals surface area contributed by atoms with Crippen LogP contribution in [0, 0.1) is 11.8 Å². The van der Waals surface area contributed by atoms with E-state index in [0.717, 1.165) is 11.8 Å². The molecule has 0 radical (unpaired) electrons. The van der Waals surface area contributed by atoms with Crippen molar-refractivity contribution in [3.05, 3.63) is 41.3 Å². The Bertz CT molecular complexity index is 536. The summed E-state index contributed by atoms with van der Waals surface area (Å²) in [5.74, 6) is 1.51. The van der Waals surface area contributed by atoms with Gasteiger partial charge < -0.3 is 0 Å². The number of thiophene rings is 1. The average Bonchev–Trinajstić information content (AvgIpc) is 2.76. The van der Waals surface area contributed by atoms with Gasteiger partial charge in [-0.15, -0.1) is 11.3 Å². The highest BCUT2D eigenvalue weighted by atomic mass is 32.1. The molecule has 0 spiro atoms. The summed E-state index contributed by atoms with van der Waals surface area (Å²) < 4.78 is 1.39. The molecule has 2 aromatic rings. The maximum atomic E-state index is 3.97. The predicted molar refractivity (Wildman–Crippen MR) is 84.2 cm³/mol. The lowest BCUT2D eigenvalue weighted by atomic mass is 9.87. The van der Waals surface area contributed by atoms with E-state index in [9.17, 15) is 0 Å². The first kappa shape index (κ1) is 13.4. The first-order valence-corrected chi connectivity index (χ1v) is 7.61. The fourth-order valence-corrected chi connectivity index (χ4v) is 3.50. The zero-order valence-corrected chi connectivity index (χ0v) is 12.4. The fourth-order valence-electron chi connectivity index (χ4n) is 2.42. The third kappa shape index (κ3) is 2.51. The molecule has 0 nitrogen and oxygen atoms in total. The van der Waals surface area contributed by atoms with Crippen LogP contribution in [-0.4, -0.2) is 0 Å². The van der Waals surface area contributed by atoms with Gasteiger partial charge in [0.1, 0.15) is 0 Å². The Balaban J connectivity index is 2.39. The van der Waals surface area contributed by atoms with E-state index in [0.29, 0.717) is 0 Å². The average molecular weight is 258 g/mol. The van der Waals surface area contributed by atoms with Crippen LogP contribution in [0.3, 0.4) is 0 Å². The van der Waals surface area contributed by atoms with Gasteiger partial charge in [-0.25, -0.2) is 0 Å². The molecular weight excluding hydrogens is 236 g/mol. The van der Waals surface area contributed by atoms with Crippen LogP contribution in [0.25, 0.3) is 16.2 Å². The number of fused-ring (bicyclic) bond motifs is 1. The van der Waals surface area contributed by atoms with Gasteiger partial charge >= 0.3 is 0 Å². The van der Waals surface area contributed by atoms with E-state index in [1.807, 2.05) is 17.4 Å². The molecule has 96 valence electrons. The molecule has 0 bridgehead atoms. The standard InChI is InChI=1S/C17H22S/c1-5-12(3)13(4)11-15-14-9-7-8-10-17(14)18-16(15)6-2/h6-10,12-13H,2,5,11H2,1,3-4H3/t12-,13?/m1/s1. The second-order valence-electron chi connectivity index (χ2n) is 5.21. The molecule has 2 atom stereocenters. The van der Waals surface area contributed by atoms with Crippen LogP contribution < -0.4 is 0 Å². The third-order valence-corrected chi connectivity index (χ3v) is 5.27. The van der Waals surface area contributed by atoms with Crippen molar-refractivity contribution in [3.63, 3.8) is 0 Å². The van der Waals surface area contributed by atoms with E-state index in [1.54, 1.807) is 0 Å². The van der Waals surface area contributed by atoms with Crippen molar-refractivity contribution in [1.82, 2.24) is 0 Å². The maximum Gasteiger partial charge on any atom is 0.0352 e. The minimum Gasteiger partial charge on any atom is -0.136 e. The highest BCUT2D eigenvalue weighted by molar-refractivity contribution is 7.20. The summed E-state index contributed by atoms with van der Waals surface area (Å²) in [7, 11) is 0. The Hall–Kier alpha value is -1.08. The van der Waals surface area contributed by atoms with Gasteiger partial charge in [-0.3, -0.25) is 0 Å². The summed E-state index contributed by atoms with van der Waals surface area (Å²) in [4.78, 5) is 1.35. The van der Waals surface area contributed by atoms with Crippen molar-refractivity contribution in [3.8, 4) is 0 Å². The number of benzene rings is 1. The fraction of sp³-hybridized carbons (Fsp3) is 0.412. The SMILES string of the molecule is C=Cc1sc2ccccc2c1CC(C)[C@H](C)CC. The molecular formula is C17H22S. The Kier molecular flexibility index (Phi) is 4.23. The zero-order valence-electron chi connectivity index (χ0n) is 11.6. The van der Waals surface area contributed by atoms with Gasteiger partial charge in [-0.1, -0.05) is 58.0 Å². The van der Waals surface area contributed by atoms with E-state index >= 15 is 0 Å². The van der Waals surface area contributed by atoms with Crippen molar-refractivity contribution >= 4 is 27.5 Å². The number of hydrogen-bond acceptors (Lipinski definition) is 1. The highest BCUT2D eigenvalue weighted by Gasteiger charge is 2.16. The largest absolute Gasteiger partial charge is 0.136 e. The van der Waals surface area contributed by atoms with Crippen molar-refractivity contribution in [2.75, 3.05) is 0 Å². The molecule has 0 aliphatic heterocycles. The van der Waals surface area contributed by atoms with Gasteiger partial charge in [-0.2, -0.15) is 0 Å². The second kappa shape index (κ2) is 5.71. The molecule has 2 rings (SSSR count). The van der Waals surface area contributed by atoms with Crippen LogP contribution in [0.5, 0.6) is 0 Å². The number of hydrogen-bond donors (Lipinski definition) is 0. The summed E-state index contributed by atoms with van der Waals surface area (Å²) in [6, 6.07) is 8.72. The smallest absolute Gasteiger partial charge is 0.0352 e. The predicted octanol–water partition coefficient (Wildman–Crippen LogP) is 5.77. The highest BCUT2D eigenvalue weighted by Crippen LogP contribution is 2.34. The molecule has 0 amide bonds. The summed E-state index contributed by atoms with van der Waals surface area (Å²) >= 11 is 1.87. The van der Waals surface area contributed by atoms with Crippen molar-refractivity contribution < 1.29 is 0 Å². The van der Waals surface area contributed by atoms with E-state index < -0.39 is 0 Å². The summed E-state index contributed by atoms with van der Waals surface area (Å²) in [5, 5.41) is 1.42. The van der Waals surface area contributed by atoms with Crippen molar-refractivity contribution in [1.29, 1.82) is 0 Å². The molecule has 1 heterocycles. The van der Waals surface area contributed by atoms with E-state index in [4.69, 9.17) is 0 Å². The Morgan fingerprint density at radius 3 is 2.61 bits per heavy atom. The van der Waals surface area contributed by atoms with Crippen LogP contribution in [-0.2, 0) is 6.42 Å². The topological polar surface area (TPSA) is 0 Å². The quantitative estimate of drug-likeness (QED) is 0.638. The van der Waals surface area contributed by atoms with Crippen molar-refractivity contribution in [2.45, 2.75) is 33.6 Å². The van der Waals surface area contributed by atoms with E-state index in [1.165, 1.54) is 33.4 Å². The maximum absolute atomic E-state index is 3.97. The van der Waals surface area contributed by atoms with Gasteiger partial charge in [-0.05, 0) is 35.3 Å². The van der Waals surface area contributed by atoms with Crippen molar-refractivity contribution in [2.24, 2.45) is 11.8 Å². The van der Waals surface area contributed by atoms with Crippen LogP contribution in [0.1, 0.15) is 37.6 Å². The lowest BCUT2D eigenvalue weighted by molar-refractivity contribution is 0.376. The zero-order chi connectivity index (χ0) is 13.1. The minimum absolute atomic E-state index is 0.728. The summed E-state index contributed by atoms with van der Waals surface area (Å²) in [6.07, 6.45) is 4.44. The van der Waals surface area contributed by atoms with Gasteiger partial charge in [0.05, 0.1) is 0 Å². The molecule has 1 aromatic heterocycles. The molecule has 1 aromatic carbocycles. The molecule has 0 aliphatic carbocycles. The third-order valence-electron chi connectivity index (χ3n) is 4.06. The lowest BCUT2D eigenvalue weighted by Gasteiger charge is -2.18. The van der Waals surface area contributed by atoms with E-state index in [-0.39, 0.29) is 0 Å². The van der Waals surface area contributed by atoms with Gasteiger partial charge in [0.25, 0.3) is 0 Å². The van der Waals surface area contributed by atoms with Gasteiger partial charge in [0.15, 0.2) is 0 Å². The minimum atomic E-state index is 0.728. The molecule has 0 N–H and O–H groups in total. The Morgan fingerprint density at radius 1 is 1.22 bits per heavy atom. The molecule has 18 heavy (non-hydrogen) atoms. The normalized spacial score (nSPS) is 14.6. The molecule has 1 unspecified atom stereocenters. The second-order valence-corrected chi connectivity index (χ2v) is 6.30. The van der Waals surface area contributed by atoms with Gasteiger partial charge in [0.2, 0.25) is 0 Å². The van der Waals surface area contributed by atoms with Gasteiger partial charge in [0, 0.05) is 9.58 Å². The van der Waals surface area contributed by atoms with Crippen LogP contribution in [0.4, 0.5) is 0 Å².